The van der Waals surface area contributed by atoms with Gasteiger partial charge in [0.2, 0.25) is 0 Å². The Bertz CT molecular complexity index is 1200. The van der Waals surface area contributed by atoms with Crippen LogP contribution in [0, 0.1) is 0 Å². The Morgan fingerprint density at radius 2 is 1.69 bits per heavy atom. The average Bonchev–Trinajstić information content (AvgIpc) is 3.03. The quantitative estimate of drug-likeness (QED) is 0.410. The van der Waals surface area contributed by atoms with Crippen molar-refractivity contribution in [3.05, 3.63) is 51.7 Å². The SMILES string of the molecule is CCCc1nc(N2CCN(C(=O)c3ccc(C(C)(C)C)cc3)CC2)c2c3c(sc2n1)CCCCC3. The minimum Gasteiger partial charge on any atom is -0.352 e. The molecule has 3 heterocycles. The van der Waals surface area contributed by atoms with Gasteiger partial charge < -0.3 is 9.80 Å². The van der Waals surface area contributed by atoms with Crippen molar-refractivity contribution in [3.63, 3.8) is 0 Å². The number of thiophene rings is 1. The van der Waals surface area contributed by atoms with Crippen molar-refractivity contribution in [3.8, 4) is 0 Å². The van der Waals surface area contributed by atoms with Crippen molar-refractivity contribution >= 4 is 33.3 Å². The second-order valence-electron chi connectivity index (χ2n) is 11.1. The van der Waals surface area contributed by atoms with Crippen LogP contribution >= 0.6 is 11.3 Å². The highest BCUT2D eigenvalue weighted by Gasteiger charge is 2.27. The molecular formula is C29H38N4OS. The van der Waals surface area contributed by atoms with Crippen LogP contribution in [0.15, 0.2) is 24.3 Å². The van der Waals surface area contributed by atoms with E-state index in [0.717, 1.165) is 62.6 Å². The van der Waals surface area contributed by atoms with E-state index in [1.165, 1.54) is 51.9 Å². The molecule has 0 N–H and O–H groups in total. The maximum Gasteiger partial charge on any atom is 0.253 e. The van der Waals surface area contributed by atoms with Crippen LogP contribution in [0.2, 0.25) is 0 Å². The van der Waals surface area contributed by atoms with Crippen LogP contribution in [0.3, 0.4) is 0 Å². The van der Waals surface area contributed by atoms with Crippen LogP contribution in [-0.2, 0) is 24.7 Å². The van der Waals surface area contributed by atoms with Crippen molar-refractivity contribution in [2.45, 2.75) is 78.1 Å². The summed E-state index contributed by atoms with van der Waals surface area (Å²) in [7, 11) is 0. The number of carbonyl (C=O) groups excluding carboxylic acids is 1. The number of hydrogen-bond acceptors (Lipinski definition) is 5. The Balaban J connectivity index is 1.37. The molecule has 3 aromatic rings. The number of aryl methyl sites for hydroxylation is 3. The van der Waals surface area contributed by atoms with Gasteiger partial charge in [0.1, 0.15) is 16.5 Å². The fraction of sp³-hybridized carbons (Fsp3) is 0.552. The van der Waals surface area contributed by atoms with Gasteiger partial charge in [0, 0.05) is 43.0 Å². The monoisotopic (exact) mass is 490 g/mol. The number of amides is 1. The first-order valence-electron chi connectivity index (χ1n) is 13.3. The van der Waals surface area contributed by atoms with Crippen LogP contribution in [0.1, 0.15) is 85.6 Å². The highest BCUT2D eigenvalue weighted by molar-refractivity contribution is 7.19. The molecule has 5 nitrogen and oxygen atoms in total. The summed E-state index contributed by atoms with van der Waals surface area (Å²) in [5, 5.41) is 1.30. The van der Waals surface area contributed by atoms with Crippen molar-refractivity contribution in [1.82, 2.24) is 14.9 Å². The number of nitrogens with zero attached hydrogens (tertiary/aromatic N) is 4. The number of hydrogen-bond donors (Lipinski definition) is 0. The number of anilines is 1. The highest BCUT2D eigenvalue weighted by Crippen LogP contribution is 2.39. The molecule has 1 saturated heterocycles. The fourth-order valence-corrected chi connectivity index (χ4v) is 6.61. The first kappa shape index (κ1) is 24.2. The van der Waals surface area contributed by atoms with E-state index in [0.29, 0.717) is 0 Å². The summed E-state index contributed by atoms with van der Waals surface area (Å²) in [4.78, 5) is 30.4. The molecule has 0 spiro atoms. The lowest BCUT2D eigenvalue weighted by molar-refractivity contribution is 0.0746. The lowest BCUT2D eigenvalue weighted by Crippen LogP contribution is -2.49. The van der Waals surface area contributed by atoms with Gasteiger partial charge in [-0.15, -0.1) is 11.3 Å². The van der Waals surface area contributed by atoms with E-state index >= 15 is 0 Å². The first-order valence-corrected chi connectivity index (χ1v) is 14.1. The van der Waals surface area contributed by atoms with Gasteiger partial charge >= 0.3 is 0 Å². The van der Waals surface area contributed by atoms with Crippen LogP contribution in [0.25, 0.3) is 10.2 Å². The van der Waals surface area contributed by atoms with Gasteiger partial charge in [-0.05, 0) is 60.8 Å². The third kappa shape index (κ3) is 4.95. The molecule has 0 saturated carbocycles. The summed E-state index contributed by atoms with van der Waals surface area (Å²) in [6.45, 7) is 11.9. The lowest BCUT2D eigenvalue weighted by Gasteiger charge is -2.36. The van der Waals surface area contributed by atoms with E-state index in [1.807, 2.05) is 28.4 Å². The molecule has 1 amide bonds. The zero-order valence-electron chi connectivity index (χ0n) is 21.7. The van der Waals surface area contributed by atoms with E-state index in [-0.39, 0.29) is 11.3 Å². The summed E-state index contributed by atoms with van der Waals surface area (Å²) in [6.07, 6.45) is 8.12. The summed E-state index contributed by atoms with van der Waals surface area (Å²) in [6, 6.07) is 8.17. The topological polar surface area (TPSA) is 49.3 Å². The van der Waals surface area contributed by atoms with Crippen LogP contribution in [-0.4, -0.2) is 47.0 Å². The average molecular weight is 491 g/mol. The van der Waals surface area contributed by atoms with Crippen LogP contribution < -0.4 is 4.90 Å². The van der Waals surface area contributed by atoms with Gasteiger partial charge in [-0.3, -0.25) is 4.79 Å². The summed E-state index contributed by atoms with van der Waals surface area (Å²) < 4.78 is 0. The maximum atomic E-state index is 13.2. The number of aromatic nitrogens is 2. The molecule has 2 aliphatic rings. The Kier molecular flexibility index (Phi) is 6.84. The largest absolute Gasteiger partial charge is 0.352 e. The van der Waals surface area contributed by atoms with Gasteiger partial charge in [0.25, 0.3) is 5.91 Å². The predicted molar refractivity (Wildman–Crippen MR) is 146 cm³/mol. The Labute approximate surface area is 213 Å². The molecule has 2 aromatic heterocycles. The smallest absolute Gasteiger partial charge is 0.253 e. The summed E-state index contributed by atoms with van der Waals surface area (Å²) >= 11 is 1.89. The first-order chi connectivity index (χ1) is 16.8. The predicted octanol–water partition coefficient (Wildman–Crippen LogP) is 6.17. The molecule has 1 fully saturated rings. The minimum absolute atomic E-state index is 0.0899. The molecule has 0 bridgehead atoms. The lowest BCUT2D eigenvalue weighted by atomic mass is 9.86. The Morgan fingerprint density at radius 1 is 0.971 bits per heavy atom. The molecule has 0 unspecified atom stereocenters. The van der Waals surface area contributed by atoms with E-state index < -0.39 is 0 Å². The zero-order valence-corrected chi connectivity index (χ0v) is 22.5. The van der Waals surface area contributed by atoms with Gasteiger partial charge in [0.05, 0.1) is 5.39 Å². The van der Waals surface area contributed by atoms with Crippen molar-refractivity contribution in [2.75, 3.05) is 31.1 Å². The maximum absolute atomic E-state index is 13.2. The molecule has 186 valence electrons. The standard InChI is InChI=1S/C29H38N4OS/c1-5-9-24-30-26(25-22-10-7-6-8-11-23(22)35-27(25)31-24)32-16-18-33(19-17-32)28(34)20-12-14-21(15-13-20)29(2,3)4/h12-15H,5-11,16-19H2,1-4H3. The number of fused-ring (bicyclic) bond motifs is 3. The zero-order chi connectivity index (χ0) is 24.6. The molecule has 0 atom stereocenters. The number of piperazine rings is 1. The second-order valence-corrected chi connectivity index (χ2v) is 12.1. The Morgan fingerprint density at radius 3 is 2.37 bits per heavy atom. The number of rotatable bonds is 4. The van der Waals surface area contributed by atoms with Gasteiger partial charge in [-0.25, -0.2) is 9.97 Å². The molecule has 1 aliphatic carbocycles. The molecule has 5 rings (SSSR count). The normalized spacial score (nSPS) is 16.9. The minimum atomic E-state index is 0.0899. The van der Waals surface area contributed by atoms with E-state index in [2.05, 4.69) is 44.7 Å². The number of benzene rings is 1. The molecule has 1 aliphatic heterocycles. The van der Waals surface area contributed by atoms with Crippen LogP contribution in [0.4, 0.5) is 5.82 Å². The molecule has 1 aromatic carbocycles. The van der Waals surface area contributed by atoms with Crippen molar-refractivity contribution < 1.29 is 4.79 Å². The summed E-state index contributed by atoms with van der Waals surface area (Å²) in [5.41, 5.74) is 3.62. The molecular weight excluding hydrogens is 452 g/mol. The molecule has 35 heavy (non-hydrogen) atoms. The Hall–Kier alpha value is -2.47. The third-order valence-electron chi connectivity index (χ3n) is 7.43. The van der Waals surface area contributed by atoms with Crippen LogP contribution in [0.5, 0.6) is 0 Å². The molecule has 6 heteroatoms. The molecule has 0 radical (unpaired) electrons. The highest BCUT2D eigenvalue weighted by atomic mass is 32.1. The second kappa shape index (κ2) is 9.88. The van der Waals surface area contributed by atoms with Gasteiger partial charge in [-0.1, -0.05) is 46.2 Å². The van der Waals surface area contributed by atoms with E-state index in [1.54, 1.807) is 0 Å². The van der Waals surface area contributed by atoms with Gasteiger partial charge in [0.15, 0.2) is 0 Å². The third-order valence-corrected chi connectivity index (χ3v) is 8.62. The van der Waals surface area contributed by atoms with Crippen molar-refractivity contribution in [2.24, 2.45) is 0 Å². The number of carbonyl (C=O) groups is 1. The van der Waals surface area contributed by atoms with E-state index in [4.69, 9.17) is 9.97 Å². The van der Waals surface area contributed by atoms with E-state index in [9.17, 15) is 4.79 Å². The fourth-order valence-electron chi connectivity index (χ4n) is 5.34. The summed E-state index contributed by atoms with van der Waals surface area (Å²) in [5.74, 6) is 2.21. The van der Waals surface area contributed by atoms with Gasteiger partial charge in [-0.2, -0.15) is 0 Å². The van der Waals surface area contributed by atoms with Crippen molar-refractivity contribution in [1.29, 1.82) is 0 Å².